The van der Waals surface area contributed by atoms with Crippen molar-refractivity contribution in [2.24, 2.45) is 7.05 Å². The summed E-state index contributed by atoms with van der Waals surface area (Å²) in [6, 6.07) is 2.63. The Morgan fingerprint density at radius 1 is 1.55 bits per heavy atom. The molecule has 2 aromatic rings. The third kappa shape index (κ3) is 3.25. The number of anilines is 1. The molecule has 0 aliphatic rings. The molecule has 20 heavy (non-hydrogen) atoms. The highest BCUT2D eigenvalue weighted by molar-refractivity contribution is 5.89. The van der Waals surface area contributed by atoms with Gasteiger partial charge in [0.2, 0.25) is 0 Å². The highest BCUT2D eigenvalue weighted by atomic mass is 16.2. The lowest BCUT2D eigenvalue weighted by molar-refractivity contribution is 0.248. The Kier molecular flexibility index (Phi) is 4.19. The summed E-state index contributed by atoms with van der Waals surface area (Å²) in [5.74, 6) is 0. The molecule has 0 fully saturated rings. The second kappa shape index (κ2) is 6.05. The Bertz CT molecular complexity index is 646. The van der Waals surface area contributed by atoms with Crippen LogP contribution in [0.25, 0.3) is 0 Å². The molecule has 1 atom stereocenters. The molecule has 0 spiro atoms. The summed E-state index contributed by atoms with van der Waals surface area (Å²) in [6.07, 6.45) is 5.80. The van der Waals surface area contributed by atoms with Crippen molar-refractivity contribution in [3.8, 4) is 0 Å². The molecule has 3 N–H and O–H groups in total. The van der Waals surface area contributed by atoms with Gasteiger partial charge < -0.3 is 15.6 Å². The zero-order valence-electron chi connectivity index (χ0n) is 11.4. The topological polar surface area (TPSA) is 91.8 Å². The van der Waals surface area contributed by atoms with E-state index in [1.165, 1.54) is 6.20 Å². The first-order chi connectivity index (χ1) is 9.60. The van der Waals surface area contributed by atoms with Crippen molar-refractivity contribution in [3.05, 3.63) is 46.6 Å². The van der Waals surface area contributed by atoms with Crippen LogP contribution in [0.2, 0.25) is 0 Å². The average Bonchev–Trinajstić information content (AvgIpc) is 2.85. The minimum absolute atomic E-state index is 0.147. The van der Waals surface area contributed by atoms with Gasteiger partial charge in [-0.1, -0.05) is 6.92 Å². The number of H-pyrrole nitrogens is 1. The van der Waals surface area contributed by atoms with Crippen LogP contribution in [0.15, 0.2) is 35.5 Å². The van der Waals surface area contributed by atoms with Crippen LogP contribution >= 0.6 is 0 Å². The Morgan fingerprint density at radius 2 is 2.35 bits per heavy atom. The lowest BCUT2D eigenvalue weighted by atomic mass is 10.1. The van der Waals surface area contributed by atoms with Crippen LogP contribution in [-0.4, -0.2) is 20.8 Å². The van der Waals surface area contributed by atoms with Crippen molar-refractivity contribution in [3.63, 3.8) is 0 Å². The zero-order valence-corrected chi connectivity index (χ0v) is 11.4. The Morgan fingerprint density at radius 3 is 2.95 bits per heavy atom. The van der Waals surface area contributed by atoms with Crippen LogP contribution in [0, 0.1) is 0 Å². The number of carbonyl (C=O) groups excluding carboxylic acids is 1. The average molecular weight is 275 g/mol. The minimum atomic E-state index is -0.419. The van der Waals surface area contributed by atoms with Gasteiger partial charge in [0.15, 0.2) is 0 Å². The zero-order chi connectivity index (χ0) is 14.5. The van der Waals surface area contributed by atoms with E-state index in [0.29, 0.717) is 0 Å². The number of nitrogens with one attached hydrogen (secondary N) is 3. The number of carbonyl (C=O) groups is 1. The minimum Gasteiger partial charge on any atom is -0.331 e. The van der Waals surface area contributed by atoms with E-state index in [2.05, 4.69) is 20.7 Å². The van der Waals surface area contributed by atoms with Crippen molar-refractivity contribution >= 4 is 11.7 Å². The van der Waals surface area contributed by atoms with E-state index < -0.39 is 6.03 Å². The second-order valence-corrected chi connectivity index (χ2v) is 4.42. The van der Waals surface area contributed by atoms with Crippen molar-refractivity contribution in [2.45, 2.75) is 19.4 Å². The summed E-state index contributed by atoms with van der Waals surface area (Å²) < 4.78 is 1.68. The van der Waals surface area contributed by atoms with Crippen LogP contribution in [0.4, 0.5) is 10.5 Å². The van der Waals surface area contributed by atoms with E-state index in [1.807, 2.05) is 20.2 Å². The number of pyridine rings is 1. The van der Waals surface area contributed by atoms with Crippen LogP contribution in [0.3, 0.4) is 0 Å². The molecule has 2 amide bonds. The highest BCUT2D eigenvalue weighted by Gasteiger charge is 2.14. The number of aromatic amines is 1. The van der Waals surface area contributed by atoms with E-state index >= 15 is 0 Å². The van der Waals surface area contributed by atoms with Gasteiger partial charge in [-0.3, -0.25) is 9.48 Å². The van der Waals surface area contributed by atoms with Gasteiger partial charge in [0.1, 0.15) is 5.69 Å². The SMILES string of the molecule is CCC(NC(=O)Nc1ccc[nH]c1=O)c1cnn(C)c1. The fourth-order valence-corrected chi connectivity index (χ4v) is 1.88. The van der Waals surface area contributed by atoms with Gasteiger partial charge in [-0.05, 0) is 18.6 Å². The molecule has 2 heterocycles. The highest BCUT2D eigenvalue weighted by Crippen LogP contribution is 2.15. The first kappa shape index (κ1) is 13.9. The fourth-order valence-electron chi connectivity index (χ4n) is 1.88. The van der Waals surface area contributed by atoms with Crippen molar-refractivity contribution in [2.75, 3.05) is 5.32 Å². The van der Waals surface area contributed by atoms with Crippen molar-refractivity contribution in [1.29, 1.82) is 0 Å². The molecule has 7 nitrogen and oxygen atoms in total. The van der Waals surface area contributed by atoms with E-state index in [4.69, 9.17) is 0 Å². The normalized spacial score (nSPS) is 11.9. The van der Waals surface area contributed by atoms with Crippen LogP contribution in [0.5, 0.6) is 0 Å². The lowest BCUT2D eigenvalue weighted by Gasteiger charge is -2.15. The van der Waals surface area contributed by atoms with Gasteiger partial charge in [-0.25, -0.2) is 4.79 Å². The molecule has 7 heteroatoms. The second-order valence-electron chi connectivity index (χ2n) is 4.42. The number of hydrogen-bond acceptors (Lipinski definition) is 3. The third-order valence-electron chi connectivity index (χ3n) is 2.91. The number of hydrogen-bond donors (Lipinski definition) is 3. The summed E-state index contributed by atoms with van der Waals surface area (Å²) in [5.41, 5.74) is 0.801. The van der Waals surface area contributed by atoms with Crippen LogP contribution in [0.1, 0.15) is 24.9 Å². The summed E-state index contributed by atoms with van der Waals surface area (Å²) in [4.78, 5) is 25.9. The maximum absolute atomic E-state index is 11.9. The molecule has 1 unspecified atom stereocenters. The van der Waals surface area contributed by atoms with E-state index in [9.17, 15) is 9.59 Å². The molecule has 0 bridgehead atoms. The van der Waals surface area contributed by atoms with E-state index in [-0.39, 0.29) is 17.3 Å². The van der Waals surface area contributed by atoms with E-state index in [0.717, 1.165) is 12.0 Å². The number of urea groups is 1. The monoisotopic (exact) mass is 275 g/mol. The number of amides is 2. The van der Waals surface area contributed by atoms with Crippen LogP contribution in [-0.2, 0) is 7.05 Å². The number of nitrogens with zero attached hydrogens (tertiary/aromatic N) is 2. The predicted octanol–water partition coefficient (Wildman–Crippen LogP) is 1.38. The first-order valence-corrected chi connectivity index (χ1v) is 6.34. The fraction of sp³-hybridized carbons (Fsp3) is 0.308. The molecule has 0 radical (unpaired) electrons. The van der Waals surface area contributed by atoms with Crippen molar-refractivity contribution < 1.29 is 4.79 Å². The van der Waals surface area contributed by atoms with Gasteiger partial charge in [-0.15, -0.1) is 0 Å². The lowest BCUT2D eigenvalue weighted by Crippen LogP contribution is -2.33. The Labute approximate surface area is 116 Å². The molecular formula is C13H17N5O2. The predicted molar refractivity (Wildman–Crippen MR) is 75.5 cm³/mol. The molecule has 0 aromatic carbocycles. The summed E-state index contributed by atoms with van der Waals surface area (Å²) in [6.45, 7) is 1.97. The number of rotatable bonds is 4. The first-order valence-electron chi connectivity index (χ1n) is 6.34. The summed E-state index contributed by atoms with van der Waals surface area (Å²) >= 11 is 0. The van der Waals surface area contributed by atoms with Crippen molar-refractivity contribution in [1.82, 2.24) is 20.1 Å². The third-order valence-corrected chi connectivity index (χ3v) is 2.91. The largest absolute Gasteiger partial charge is 0.331 e. The van der Waals surface area contributed by atoms with Gasteiger partial charge >= 0.3 is 6.03 Å². The molecular weight excluding hydrogens is 258 g/mol. The van der Waals surface area contributed by atoms with Gasteiger partial charge in [-0.2, -0.15) is 5.10 Å². The maximum Gasteiger partial charge on any atom is 0.319 e. The molecule has 0 aliphatic carbocycles. The quantitative estimate of drug-likeness (QED) is 0.787. The number of aromatic nitrogens is 3. The smallest absolute Gasteiger partial charge is 0.319 e. The summed E-state index contributed by atoms with van der Waals surface area (Å²) in [7, 11) is 1.82. The van der Waals surface area contributed by atoms with E-state index in [1.54, 1.807) is 23.0 Å². The number of aryl methyl sites for hydroxylation is 1. The molecule has 0 aliphatic heterocycles. The molecule has 0 saturated heterocycles. The summed E-state index contributed by atoms with van der Waals surface area (Å²) in [5, 5.41) is 9.43. The molecule has 2 aromatic heterocycles. The maximum atomic E-state index is 11.9. The molecule has 2 rings (SSSR count). The standard InChI is InChI=1S/C13H17N5O2/c1-3-10(9-7-15-18(2)8-9)16-13(20)17-11-5-4-6-14-12(11)19/h4-8,10H,3H2,1-2H3,(H,14,19)(H2,16,17,20). The molecule has 106 valence electrons. The van der Waals surface area contributed by atoms with Gasteiger partial charge in [0.05, 0.1) is 12.2 Å². The van der Waals surface area contributed by atoms with Gasteiger partial charge in [0.25, 0.3) is 5.56 Å². The van der Waals surface area contributed by atoms with Gasteiger partial charge in [0, 0.05) is 25.0 Å². The Balaban J connectivity index is 2.03. The molecule has 0 saturated carbocycles. The Hall–Kier alpha value is -2.57. The van der Waals surface area contributed by atoms with Crippen LogP contribution < -0.4 is 16.2 Å².